The highest BCUT2D eigenvalue weighted by Crippen LogP contribution is 2.30. The molecule has 1 aromatic carbocycles. The number of hydrogen-bond donors (Lipinski definition) is 0. The van der Waals surface area contributed by atoms with Gasteiger partial charge in [-0.2, -0.15) is 4.52 Å². The Kier molecular flexibility index (Phi) is 3.95. The minimum Gasteiger partial charge on any atom is -0.355 e. The van der Waals surface area contributed by atoms with Crippen LogP contribution in [0, 0.1) is 6.92 Å². The molecule has 0 bridgehead atoms. The zero-order valence-electron chi connectivity index (χ0n) is 14.5. The Labute approximate surface area is 146 Å². The third-order valence-corrected chi connectivity index (χ3v) is 5.01. The first-order chi connectivity index (χ1) is 12.1. The van der Waals surface area contributed by atoms with Crippen LogP contribution in [0.3, 0.4) is 0 Å². The zero-order valence-corrected chi connectivity index (χ0v) is 14.5. The fraction of sp³-hybridized carbons (Fsp3) is 0.368. The Hall–Kier alpha value is -2.76. The van der Waals surface area contributed by atoms with Crippen LogP contribution in [0.5, 0.6) is 0 Å². The molecule has 3 aromatic rings. The molecule has 25 heavy (non-hydrogen) atoms. The Morgan fingerprint density at radius 2 is 1.76 bits per heavy atom. The van der Waals surface area contributed by atoms with Crippen molar-refractivity contribution in [2.45, 2.75) is 32.6 Å². The van der Waals surface area contributed by atoms with E-state index in [2.05, 4.69) is 32.3 Å². The van der Waals surface area contributed by atoms with E-state index in [0.717, 1.165) is 48.8 Å². The zero-order chi connectivity index (χ0) is 17.4. The van der Waals surface area contributed by atoms with E-state index in [4.69, 9.17) is 0 Å². The number of aryl methyl sites for hydroxylation is 1. The molecule has 0 unspecified atom stereocenters. The number of fused-ring (bicyclic) bond motifs is 1. The lowest BCUT2D eigenvalue weighted by Crippen LogP contribution is -2.33. The van der Waals surface area contributed by atoms with Crippen molar-refractivity contribution in [1.29, 1.82) is 0 Å². The van der Waals surface area contributed by atoms with Crippen molar-refractivity contribution in [2.75, 3.05) is 18.0 Å². The summed E-state index contributed by atoms with van der Waals surface area (Å²) in [6.45, 7) is 5.46. The third kappa shape index (κ3) is 2.99. The number of rotatable bonds is 3. The normalized spacial score (nSPS) is 15.7. The average molecular weight is 335 g/mol. The smallest absolute Gasteiger partial charge is 0.178 e. The summed E-state index contributed by atoms with van der Waals surface area (Å²) < 4.78 is 1.79. The maximum absolute atomic E-state index is 11.4. The first-order valence-electron chi connectivity index (χ1n) is 8.67. The molecular formula is C19H21N5O. The highest BCUT2D eigenvalue weighted by Gasteiger charge is 2.22. The molecule has 128 valence electrons. The van der Waals surface area contributed by atoms with E-state index in [0.29, 0.717) is 5.92 Å². The van der Waals surface area contributed by atoms with E-state index in [9.17, 15) is 4.79 Å². The minimum absolute atomic E-state index is 0.118. The van der Waals surface area contributed by atoms with Crippen molar-refractivity contribution in [3.63, 3.8) is 0 Å². The number of nitrogens with zero attached hydrogens (tertiary/aromatic N) is 5. The van der Waals surface area contributed by atoms with Crippen molar-refractivity contribution in [3.05, 3.63) is 53.3 Å². The Morgan fingerprint density at radius 3 is 2.44 bits per heavy atom. The lowest BCUT2D eigenvalue weighted by molar-refractivity contribution is 0.101. The van der Waals surface area contributed by atoms with Gasteiger partial charge in [0.05, 0.1) is 0 Å². The van der Waals surface area contributed by atoms with Crippen LogP contribution in [0.25, 0.3) is 5.65 Å². The van der Waals surface area contributed by atoms with Crippen LogP contribution in [0.1, 0.15) is 47.4 Å². The second-order valence-electron chi connectivity index (χ2n) is 6.65. The van der Waals surface area contributed by atoms with Crippen LogP contribution < -0.4 is 4.90 Å². The molecule has 6 heteroatoms. The number of piperidine rings is 1. The Balaban J connectivity index is 1.46. The third-order valence-electron chi connectivity index (χ3n) is 5.01. The van der Waals surface area contributed by atoms with Crippen molar-refractivity contribution < 1.29 is 4.79 Å². The molecule has 3 heterocycles. The number of benzene rings is 1. The summed E-state index contributed by atoms with van der Waals surface area (Å²) in [5.41, 5.74) is 2.88. The summed E-state index contributed by atoms with van der Waals surface area (Å²) >= 11 is 0. The summed E-state index contributed by atoms with van der Waals surface area (Å²) in [4.78, 5) is 13.7. The van der Waals surface area contributed by atoms with E-state index in [1.165, 1.54) is 5.56 Å². The second-order valence-corrected chi connectivity index (χ2v) is 6.65. The van der Waals surface area contributed by atoms with Gasteiger partial charge in [-0.3, -0.25) is 4.79 Å². The number of aromatic nitrogens is 4. The predicted molar refractivity (Wildman–Crippen MR) is 96.2 cm³/mol. The molecular weight excluding hydrogens is 314 g/mol. The SMILES string of the molecule is CC(=O)c1ccc(C2CCN(c3ccc4nnc(C)n4n3)CC2)cc1. The lowest BCUT2D eigenvalue weighted by Gasteiger charge is -2.33. The Morgan fingerprint density at radius 1 is 1.04 bits per heavy atom. The van der Waals surface area contributed by atoms with Gasteiger partial charge in [0, 0.05) is 18.7 Å². The van der Waals surface area contributed by atoms with Crippen LogP contribution in [0.4, 0.5) is 5.82 Å². The van der Waals surface area contributed by atoms with Crippen molar-refractivity contribution in [2.24, 2.45) is 0 Å². The van der Waals surface area contributed by atoms with Gasteiger partial charge in [0.2, 0.25) is 0 Å². The van der Waals surface area contributed by atoms with Gasteiger partial charge in [-0.15, -0.1) is 15.3 Å². The van der Waals surface area contributed by atoms with Gasteiger partial charge >= 0.3 is 0 Å². The van der Waals surface area contributed by atoms with Gasteiger partial charge in [-0.1, -0.05) is 24.3 Å². The molecule has 0 atom stereocenters. The number of carbonyl (C=O) groups is 1. The molecule has 1 fully saturated rings. The van der Waals surface area contributed by atoms with Crippen LogP contribution in [-0.4, -0.2) is 38.7 Å². The monoisotopic (exact) mass is 335 g/mol. The first kappa shape index (κ1) is 15.7. The summed E-state index contributed by atoms with van der Waals surface area (Å²) in [6, 6.07) is 12.1. The topological polar surface area (TPSA) is 63.4 Å². The van der Waals surface area contributed by atoms with E-state index < -0.39 is 0 Å². The van der Waals surface area contributed by atoms with Gasteiger partial charge in [0.1, 0.15) is 5.82 Å². The largest absolute Gasteiger partial charge is 0.355 e. The molecule has 1 saturated heterocycles. The van der Waals surface area contributed by atoms with Crippen LogP contribution in [-0.2, 0) is 0 Å². The lowest BCUT2D eigenvalue weighted by atomic mass is 9.89. The summed E-state index contributed by atoms with van der Waals surface area (Å²) in [5, 5.41) is 12.8. The van der Waals surface area contributed by atoms with E-state index in [1.807, 2.05) is 31.2 Å². The molecule has 0 spiro atoms. The quantitative estimate of drug-likeness (QED) is 0.689. The fourth-order valence-corrected chi connectivity index (χ4v) is 3.49. The summed E-state index contributed by atoms with van der Waals surface area (Å²) in [6.07, 6.45) is 2.17. The van der Waals surface area contributed by atoms with Gasteiger partial charge in [-0.05, 0) is 50.3 Å². The van der Waals surface area contributed by atoms with Gasteiger partial charge in [-0.25, -0.2) is 0 Å². The summed E-state index contributed by atoms with van der Waals surface area (Å²) in [5.74, 6) is 2.43. The van der Waals surface area contributed by atoms with Crippen LogP contribution in [0.15, 0.2) is 36.4 Å². The average Bonchev–Trinajstić information content (AvgIpc) is 3.02. The highest BCUT2D eigenvalue weighted by atomic mass is 16.1. The van der Waals surface area contributed by atoms with Crippen molar-refractivity contribution in [1.82, 2.24) is 19.8 Å². The van der Waals surface area contributed by atoms with Crippen molar-refractivity contribution in [3.8, 4) is 0 Å². The maximum atomic E-state index is 11.4. The Bertz CT molecular complexity index is 907. The number of carbonyl (C=O) groups excluding carboxylic acids is 1. The number of anilines is 1. The number of Topliss-reactive ketones (excluding diaryl/α,β-unsaturated/α-hetero) is 1. The standard InChI is InChI=1S/C19H21N5O/c1-13(25)15-3-5-16(6-4-15)17-9-11-23(12-10-17)19-8-7-18-21-20-14(2)24(18)22-19/h3-8,17H,9-12H2,1-2H3. The van der Waals surface area contributed by atoms with Gasteiger partial charge in [0.15, 0.2) is 17.3 Å². The molecule has 0 N–H and O–H groups in total. The van der Waals surface area contributed by atoms with Crippen LogP contribution >= 0.6 is 0 Å². The van der Waals surface area contributed by atoms with E-state index in [-0.39, 0.29) is 5.78 Å². The van der Waals surface area contributed by atoms with Gasteiger partial charge < -0.3 is 4.90 Å². The second kappa shape index (κ2) is 6.27. The molecule has 0 saturated carbocycles. The van der Waals surface area contributed by atoms with E-state index >= 15 is 0 Å². The fourth-order valence-electron chi connectivity index (χ4n) is 3.49. The molecule has 4 rings (SSSR count). The van der Waals surface area contributed by atoms with Gasteiger partial charge in [0.25, 0.3) is 0 Å². The predicted octanol–water partition coefficient (Wildman–Crippen LogP) is 3.02. The number of ketones is 1. The molecule has 1 aliphatic rings. The molecule has 0 aliphatic carbocycles. The molecule has 0 radical (unpaired) electrons. The van der Waals surface area contributed by atoms with Crippen molar-refractivity contribution >= 4 is 17.2 Å². The van der Waals surface area contributed by atoms with E-state index in [1.54, 1.807) is 11.4 Å². The molecule has 2 aromatic heterocycles. The minimum atomic E-state index is 0.118. The molecule has 0 amide bonds. The number of hydrogen-bond acceptors (Lipinski definition) is 5. The molecule has 1 aliphatic heterocycles. The van der Waals surface area contributed by atoms with Crippen LogP contribution in [0.2, 0.25) is 0 Å². The highest BCUT2D eigenvalue weighted by molar-refractivity contribution is 5.94. The maximum Gasteiger partial charge on any atom is 0.178 e. The summed E-state index contributed by atoms with van der Waals surface area (Å²) in [7, 11) is 0. The first-order valence-corrected chi connectivity index (χ1v) is 8.67. The molecule has 6 nitrogen and oxygen atoms in total.